The molecule has 1 heterocycles. The second-order valence-corrected chi connectivity index (χ2v) is 6.58. The highest BCUT2D eigenvalue weighted by Crippen LogP contribution is 2.33. The maximum Gasteiger partial charge on any atom is 0.261 e. The number of hydrogen-bond donors (Lipinski definition) is 0. The van der Waals surface area contributed by atoms with E-state index in [4.69, 9.17) is 13.9 Å². The van der Waals surface area contributed by atoms with Crippen LogP contribution < -0.4 is 14.6 Å². The molecule has 0 amide bonds. The predicted molar refractivity (Wildman–Crippen MR) is 106 cm³/mol. The Morgan fingerprint density at radius 1 is 1.25 bits per heavy atom. The quantitative estimate of drug-likeness (QED) is 0.310. The minimum Gasteiger partial charge on any atom is -0.544 e. The third-order valence-corrected chi connectivity index (χ3v) is 4.45. The average molecular weight is 396 g/mol. The number of nitrogens with zero attached hydrogens (tertiary/aromatic N) is 1. The largest absolute Gasteiger partial charge is 0.544 e. The number of rotatable bonds is 9. The lowest BCUT2D eigenvalue weighted by Gasteiger charge is -2.12. The van der Waals surface area contributed by atoms with Gasteiger partial charge in [-0.15, -0.1) is 0 Å². The van der Waals surface area contributed by atoms with Gasteiger partial charge in [0, 0.05) is 4.91 Å². The van der Waals surface area contributed by atoms with Gasteiger partial charge in [0.2, 0.25) is 0 Å². The molecule has 2 aromatic carbocycles. The van der Waals surface area contributed by atoms with E-state index in [2.05, 4.69) is 11.6 Å². The number of carboxylic acid groups (broad SMARTS) is 1. The lowest BCUT2D eigenvalue weighted by molar-refractivity contribution is -0.298. The molecule has 0 aliphatic heterocycles. The van der Waals surface area contributed by atoms with Gasteiger partial charge in [-0.25, -0.2) is 4.98 Å². The van der Waals surface area contributed by atoms with Crippen molar-refractivity contribution in [3.8, 4) is 11.5 Å². The van der Waals surface area contributed by atoms with Crippen LogP contribution >= 0.6 is 11.8 Å². The van der Waals surface area contributed by atoms with E-state index in [1.165, 1.54) is 6.08 Å². The second kappa shape index (κ2) is 9.14. The zero-order chi connectivity index (χ0) is 19.9. The maximum absolute atomic E-state index is 11.6. The molecule has 0 spiro atoms. The Labute approximate surface area is 166 Å². The fraction of sp³-hybridized carbons (Fsp3) is 0.143. The molecular weight excluding hydrogens is 378 g/mol. The highest BCUT2D eigenvalue weighted by Gasteiger charge is 2.11. The molecular formula is C21H18NO5S-. The lowest BCUT2D eigenvalue weighted by atomic mass is 10.2. The summed E-state index contributed by atoms with van der Waals surface area (Å²) in [5, 5.41) is 11.8. The Morgan fingerprint density at radius 3 is 2.79 bits per heavy atom. The first-order valence-electron chi connectivity index (χ1n) is 8.57. The minimum atomic E-state index is -1.32. The van der Waals surface area contributed by atoms with E-state index in [1.807, 2.05) is 19.1 Å². The Morgan fingerprint density at radius 2 is 2.07 bits per heavy atom. The normalized spacial score (nSPS) is 11.4. The van der Waals surface area contributed by atoms with Crippen LogP contribution in [0.3, 0.4) is 0 Å². The number of aromatic nitrogens is 1. The van der Waals surface area contributed by atoms with Crippen molar-refractivity contribution < 1.29 is 23.8 Å². The molecule has 1 aromatic heterocycles. The van der Waals surface area contributed by atoms with E-state index in [1.54, 1.807) is 36.4 Å². The molecule has 0 radical (unpaired) electrons. The van der Waals surface area contributed by atoms with E-state index >= 15 is 0 Å². The third-order valence-electron chi connectivity index (χ3n) is 3.59. The second-order valence-electron chi connectivity index (χ2n) is 5.58. The highest BCUT2D eigenvalue weighted by molar-refractivity contribution is 8.03. The lowest BCUT2D eigenvalue weighted by Crippen LogP contribution is -2.23. The summed E-state index contributed by atoms with van der Waals surface area (Å²) in [6, 6.07) is 12.4. The van der Waals surface area contributed by atoms with Crippen molar-refractivity contribution in [2.24, 2.45) is 0 Å². The summed E-state index contributed by atoms with van der Waals surface area (Å²) in [6.45, 7) is 6.26. The van der Waals surface area contributed by atoms with Gasteiger partial charge in [0.15, 0.2) is 17.1 Å². The molecule has 6 nitrogen and oxygen atoms in total. The molecule has 0 saturated carbocycles. The topological polar surface area (TPSA) is 84.6 Å². The molecule has 144 valence electrons. The van der Waals surface area contributed by atoms with Gasteiger partial charge >= 0.3 is 0 Å². The van der Waals surface area contributed by atoms with Gasteiger partial charge in [-0.1, -0.05) is 30.9 Å². The smallest absolute Gasteiger partial charge is 0.261 e. The van der Waals surface area contributed by atoms with Crippen LogP contribution in [0.5, 0.6) is 11.5 Å². The Balaban J connectivity index is 1.89. The van der Waals surface area contributed by atoms with Gasteiger partial charge in [0.1, 0.15) is 12.1 Å². The van der Waals surface area contributed by atoms with Gasteiger partial charge in [-0.3, -0.25) is 0 Å². The fourth-order valence-corrected chi connectivity index (χ4v) is 3.16. The van der Waals surface area contributed by atoms with Crippen LogP contribution in [0.15, 0.2) is 69.7 Å². The number of para-hydroxylation sites is 2. The molecule has 0 unspecified atom stereocenters. The van der Waals surface area contributed by atoms with Gasteiger partial charge in [-0.05, 0) is 54.6 Å². The molecule has 7 heteroatoms. The molecule has 0 N–H and O–H groups in total. The zero-order valence-corrected chi connectivity index (χ0v) is 16.0. The number of carbonyl (C=O) groups is 1. The van der Waals surface area contributed by atoms with Crippen LogP contribution in [0, 0.1) is 0 Å². The SMILES string of the molecule is C=CCOc1ccc(/C=C(/Sc2nc3ccccc3o2)C(=O)[O-])cc1OCC. The standard InChI is InChI=1S/C21H19NO5S/c1-3-11-26-17-10-9-14(12-18(17)25-4-2)13-19(20(23)24)28-21-22-15-7-5-6-8-16(15)27-21/h3,5-10,12-13H,1,4,11H2,2H3,(H,23,24)/p-1/b19-13+. The summed E-state index contributed by atoms with van der Waals surface area (Å²) in [4.78, 5) is 15.9. The van der Waals surface area contributed by atoms with Crippen molar-refractivity contribution >= 4 is 34.9 Å². The molecule has 0 atom stereocenters. The fourth-order valence-electron chi connectivity index (χ4n) is 2.42. The summed E-state index contributed by atoms with van der Waals surface area (Å²) in [6.07, 6.45) is 3.11. The molecule has 0 aliphatic rings. The molecule has 0 bridgehead atoms. The first kappa shape index (κ1) is 19.6. The van der Waals surface area contributed by atoms with E-state index in [9.17, 15) is 9.90 Å². The minimum absolute atomic E-state index is 0.0336. The van der Waals surface area contributed by atoms with Crippen molar-refractivity contribution in [3.63, 3.8) is 0 Å². The zero-order valence-electron chi connectivity index (χ0n) is 15.2. The van der Waals surface area contributed by atoms with E-state index < -0.39 is 5.97 Å². The van der Waals surface area contributed by atoms with Crippen LogP contribution in [0.4, 0.5) is 0 Å². The van der Waals surface area contributed by atoms with Crippen molar-refractivity contribution in [2.75, 3.05) is 13.2 Å². The maximum atomic E-state index is 11.6. The van der Waals surface area contributed by atoms with Gasteiger partial charge in [-0.2, -0.15) is 0 Å². The molecule has 0 fully saturated rings. The van der Waals surface area contributed by atoms with Crippen molar-refractivity contribution in [1.82, 2.24) is 4.98 Å². The van der Waals surface area contributed by atoms with E-state index in [0.29, 0.717) is 41.4 Å². The van der Waals surface area contributed by atoms with E-state index in [-0.39, 0.29) is 10.1 Å². The number of oxazole rings is 1. The molecule has 3 aromatic rings. The molecule has 0 saturated heterocycles. The molecule has 0 aliphatic carbocycles. The Kier molecular flexibility index (Phi) is 6.39. The highest BCUT2D eigenvalue weighted by atomic mass is 32.2. The van der Waals surface area contributed by atoms with E-state index in [0.717, 1.165) is 11.8 Å². The number of thioether (sulfide) groups is 1. The molecule has 28 heavy (non-hydrogen) atoms. The summed E-state index contributed by atoms with van der Waals surface area (Å²) >= 11 is 0.891. The summed E-state index contributed by atoms with van der Waals surface area (Å²) < 4.78 is 16.7. The number of benzene rings is 2. The molecule has 3 rings (SSSR count). The van der Waals surface area contributed by atoms with Crippen LogP contribution in [0.2, 0.25) is 0 Å². The third kappa shape index (κ3) is 4.75. The summed E-state index contributed by atoms with van der Waals surface area (Å²) in [5.74, 6) is -0.250. The number of ether oxygens (including phenoxy) is 2. The van der Waals surface area contributed by atoms with Crippen molar-refractivity contribution in [2.45, 2.75) is 12.1 Å². The van der Waals surface area contributed by atoms with Gasteiger partial charge in [0.05, 0.1) is 12.6 Å². The Hall–Kier alpha value is -3.19. The number of fused-ring (bicyclic) bond motifs is 1. The van der Waals surface area contributed by atoms with Crippen molar-refractivity contribution in [3.05, 3.63) is 65.6 Å². The van der Waals surface area contributed by atoms with Crippen molar-refractivity contribution in [1.29, 1.82) is 0 Å². The summed E-state index contributed by atoms with van der Waals surface area (Å²) in [5.41, 5.74) is 1.87. The average Bonchev–Trinajstić information content (AvgIpc) is 3.09. The monoisotopic (exact) mass is 396 g/mol. The van der Waals surface area contributed by atoms with Crippen LogP contribution in [0.25, 0.3) is 17.2 Å². The predicted octanol–water partition coefficient (Wildman–Crippen LogP) is 3.67. The first-order valence-corrected chi connectivity index (χ1v) is 9.39. The number of carbonyl (C=O) groups excluding carboxylic acids is 1. The number of aliphatic carboxylic acids is 1. The summed E-state index contributed by atoms with van der Waals surface area (Å²) in [7, 11) is 0. The first-order chi connectivity index (χ1) is 13.6. The van der Waals surface area contributed by atoms with Crippen LogP contribution in [-0.4, -0.2) is 24.2 Å². The van der Waals surface area contributed by atoms with Gasteiger partial charge < -0.3 is 23.8 Å². The van der Waals surface area contributed by atoms with Crippen LogP contribution in [-0.2, 0) is 4.79 Å². The number of hydrogen-bond acceptors (Lipinski definition) is 7. The van der Waals surface area contributed by atoms with Crippen LogP contribution in [0.1, 0.15) is 12.5 Å². The number of carboxylic acids is 1. The van der Waals surface area contributed by atoms with Gasteiger partial charge in [0.25, 0.3) is 5.22 Å². The Bertz CT molecular complexity index is 992.